The Kier molecular flexibility index (Phi) is 4.74. The number of benzene rings is 2. The molecule has 0 aromatic heterocycles. The van der Waals surface area contributed by atoms with E-state index in [0.29, 0.717) is 16.6 Å². The smallest absolute Gasteiger partial charge is 0.307 e. The first-order chi connectivity index (χ1) is 9.92. The van der Waals surface area contributed by atoms with Crippen LogP contribution in [0.4, 0.5) is 14.5 Å². The Balaban J connectivity index is 2.34. The number of rotatable bonds is 4. The van der Waals surface area contributed by atoms with E-state index in [9.17, 15) is 18.9 Å². The van der Waals surface area contributed by atoms with Crippen molar-refractivity contribution in [3.05, 3.63) is 62.1 Å². The van der Waals surface area contributed by atoms with Gasteiger partial charge in [0.2, 0.25) is 5.82 Å². The van der Waals surface area contributed by atoms with Crippen LogP contribution < -0.4 is 4.74 Å². The van der Waals surface area contributed by atoms with Crippen LogP contribution in [-0.4, -0.2) is 4.92 Å². The molecule has 0 atom stereocenters. The van der Waals surface area contributed by atoms with Crippen LogP contribution in [0.5, 0.6) is 11.5 Å². The van der Waals surface area contributed by atoms with Crippen molar-refractivity contribution in [1.82, 2.24) is 0 Å². The van der Waals surface area contributed by atoms with Crippen molar-refractivity contribution in [2.45, 2.75) is 5.88 Å². The summed E-state index contributed by atoms with van der Waals surface area (Å²) in [5, 5.41) is 10.5. The third-order valence-electron chi connectivity index (χ3n) is 2.59. The third kappa shape index (κ3) is 3.48. The lowest BCUT2D eigenvalue weighted by atomic mass is 10.2. The van der Waals surface area contributed by atoms with Crippen molar-refractivity contribution < 1.29 is 18.4 Å². The van der Waals surface area contributed by atoms with E-state index in [1.807, 2.05) is 0 Å². The minimum atomic E-state index is -1.17. The molecule has 0 spiro atoms. The van der Waals surface area contributed by atoms with Crippen LogP contribution in [0, 0.1) is 21.7 Å². The lowest BCUT2D eigenvalue weighted by Crippen LogP contribution is -1.96. The van der Waals surface area contributed by atoms with Gasteiger partial charge in [-0.05, 0) is 17.7 Å². The average Bonchev–Trinajstić information content (AvgIpc) is 2.42. The van der Waals surface area contributed by atoms with Gasteiger partial charge >= 0.3 is 5.69 Å². The predicted molar refractivity (Wildman–Crippen MR) is 76.8 cm³/mol. The molecule has 21 heavy (non-hydrogen) atoms. The SMILES string of the molecule is O=[N+]([O-])c1cc(F)c(Oc2ccc(CCl)c(Br)c2)cc1F. The lowest BCUT2D eigenvalue weighted by molar-refractivity contribution is -0.387. The van der Waals surface area contributed by atoms with Gasteiger partial charge in [-0.1, -0.05) is 22.0 Å². The fraction of sp³-hybridized carbons (Fsp3) is 0.0769. The van der Waals surface area contributed by atoms with Gasteiger partial charge in [0, 0.05) is 16.4 Å². The molecule has 0 radical (unpaired) electrons. The van der Waals surface area contributed by atoms with E-state index < -0.39 is 28.0 Å². The van der Waals surface area contributed by atoms with Gasteiger partial charge in [-0.2, -0.15) is 4.39 Å². The summed E-state index contributed by atoms with van der Waals surface area (Å²) in [5.41, 5.74) is -0.141. The fourth-order valence-corrected chi connectivity index (χ4v) is 2.46. The Morgan fingerprint density at radius 2 is 1.95 bits per heavy atom. The second-order valence-electron chi connectivity index (χ2n) is 3.98. The molecule has 0 amide bonds. The van der Waals surface area contributed by atoms with Gasteiger partial charge in [0.1, 0.15) is 5.75 Å². The first kappa shape index (κ1) is 15.7. The summed E-state index contributed by atoms with van der Waals surface area (Å²) >= 11 is 8.96. The third-order valence-corrected chi connectivity index (χ3v) is 3.62. The summed E-state index contributed by atoms with van der Waals surface area (Å²) in [7, 11) is 0. The zero-order chi connectivity index (χ0) is 15.6. The van der Waals surface area contributed by atoms with Crippen LogP contribution >= 0.6 is 27.5 Å². The molecule has 0 aliphatic rings. The monoisotopic (exact) mass is 377 g/mol. The van der Waals surface area contributed by atoms with E-state index >= 15 is 0 Å². The minimum Gasteiger partial charge on any atom is -0.454 e. The molecular weight excluding hydrogens is 372 g/mol. The molecule has 0 saturated heterocycles. The second kappa shape index (κ2) is 6.36. The van der Waals surface area contributed by atoms with Crippen molar-refractivity contribution in [3.8, 4) is 11.5 Å². The van der Waals surface area contributed by atoms with Crippen molar-refractivity contribution in [1.29, 1.82) is 0 Å². The number of hydrogen-bond donors (Lipinski definition) is 0. The normalized spacial score (nSPS) is 10.5. The maximum Gasteiger partial charge on any atom is 0.307 e. The quantitative estimate of drug-likeness (QED) is 0.419. The largest absolute Gasteiger partial charge is 0.454 e. The van der Waals surface area contributed by atoms with E-state index in [1.54, 1.807) is 6.07 Å². The molecule has 110 valence electrons. The fourth-order valence-electron chi connectivity index (χ4n) is 1.56. The second-order valence-corrected chi connectivity index (χ2v) is 5.10. The highest BCUT2D eigenvalue weighted by Gasteiger charge is 2.19. The Morgan fingerprint density at radius 1 is 1.24 bits per heavy atom. The maximum atomic E-state index is 13.7. The summed E-state index contributed by atoms with van der Waals surface area (Å²) in [5.74, 6) is -2.12. The summed E-state index contributed by atoms with van der Waals surface area (Å²) in [6.07, 6.45) is 0. The molecule has 2 aromatic carbocycles. The number of nitro groups is 1. The highest BCUT2D eigenvalue weighted by molar-refractivity contribution is 9.10. The van der Waals surface area contributed by atoms with Crippen LogP contribution in [0.25, 0.3) is 0 Å². The first-order valence-corrected chi connectivity index (χ1v) is 6.91. The van der Waals surface area contributed by atoms with Crippen LogP contribution in [0.1, 0.15) is 5.56 Å². The summed E-state index contributed by atoms with van der Waals surface area (Å²) < 4.78 is 33.0. The van der Waals surface area contributed by atoms with Gasteiger partial charge in [0.15, 0.2) is 11.6 Å². The zero-order valence-electron chi connectivity index (χ0n) is 10.3. The molecule has 0 aliphatic carbocycles. The molecule has 0 unspecified atom stereocenters. The molecular formula is C13H7BrClF2NO3. The number of hydrogen-bond acceptors (Lipinski definition) is 3. The highest BCUT2D eigenvalue weighted by atomic mass is 79.9. The molecule has 0 heterocycles. The van der Waals surface area contributed by atoms with E-state index in [1.165, 1.54) is 12.1 Å². The van der Waals surface area contributed by atoms with Crippen LogP contribution in [0.2, 0.25) is 0 Å². The number of halogens is 4. The Hall–Kier alpha value is -1.73. The number of nitro benzene ring substituents is 1. The van der Waals surface area contributed by atoms with Gasteiger partial charge in [-0.3, -0.25) is 10.1 Å². The number of ether oxygens (including phenoxy) is 1. The van der Waals surface area contributed by atoms with Crippen molar-refractivity contribution in [2.24, 2.45) is 0 Å². The average molecular weight is 379 g/mol. The molecule has 0 saturated carbocycles. The summed E-state index contributed by atoms with van der Waals surface area (Å²) in [4.78, 5) is 9.49. The van der Waals surface area contributed by atoms with E-state index in [-0.39, 0.29) is 11.6 Å². The van der Waals surface area contributed by atoms with Gasteiger partial charge in [0.25, 0.3) is 0 Å². The Bertz CT molecular complexity index is 712. The van der Waals surface area contributed by atoms with Gasteiger partial charge < -0.3 is 4.74 Å². The number of alkyl halides is 1. The van der Waals surface area contributed by atoms with Crippen molar-refractivity contribution >= 4 is 33.2 Å². The van der Waals surface area contributed by atoms with Crippen LogP contribution in [-0.2, 0) is 5.88 Å². The summed E-state index contributed by atoms with van der Waals surface area (Å²) in [6.45, 7) is 0. The molecule has 0 N–H and O–H groups in total. The molecule has 2 rings (SSSR count). The predicted octanol–water partition coefficient (Wildman–Crippen LogP) is 5.17. The molecule has 4 nitrogen and oxygen atoms in total. The highest BCUT2D eigenvalue weighted by Crippen LogP contribution is 2.32. The standard InChI is InChI=1S/C13H7BrClF2NO3/c14-9-3-8(2-1-7(9)6-15)21-13-5-10(16)12(18(19)20)4-11(13)17/h1-5H,6H2. The van der Waals surface area contributed by atoms with Crippen LogP contribution in [0.3, 0.4) is 0 Å². The molecule has 8 heteroatoms. The first-order valence-electron chi connectivity index (χ1n) is 5.58. The molecule has 0 bridgehead atoms. The Labute approximate surface area is 131 Å². The minimum absolute atomic E-state index is 0.239. The van der Waals surface area contributed by atoms with Gasteiger partial charge in [-0.25, -0.2) is 4.39 Å². The van der Waals surface area contributed by atoms with E-state index in [2.05, 4.69) is 15.9 Å². The molecule has 0 fully saturated rings. The van der Waals surface area contributed by atoms with E-state index in [4.69, 9.17) is 16.3 Å². The van der Waals surface area contributed by atoms with E-state index in [0.717, 1.165) is 5.56 Å². The van der Waals surface area contributed by atoms with Gasteiger partial charge in [-0.15, -0.1) is 11.6 Å². The van der Waals surface area contributed by atoms with Crippen LogP contribution in [0.15, 0.2) is 34.8 Å². The zero-order valence-corrected chi connectivity index (χ0v) is 12.6. The van der Waals surface area contributed by atoms with Crippen molar-refractivity contribution in [3.63, 3.8) is 0 Å². The topological polar surface area (TPSA) is 52.4 Å². The van der Waals surface area contributed by atoms with Gasteiger partial charge in [0.05, 0.1) is 11.0 Å². The van der Waals surface area contributed by atoms with Crippen molar-refractivity contribution in [2.75, 3.05) is 0 Å². The number of nitrogens with zero attached hydrogens (tertiary/aromatic N) is 1. The maximum absolute atomic E-state index is 13.7. The molecule has 2 aromatic rings. The summed E-state index contributed by atoms with van der Waals surface area (Å²) in [6, 6.07) is 5.84. The lowest BCUT2D eigenvalue weighted by Gasteiger charge is -2.09. The molecule has 0 aliphatic heterocycles. The Morgan fingerprint density at radius 3 is 2.52 bits per heavy atom.